The molecular weight excluding hydrogens is 234 g/mol. The van der Waals surface area contributed by atoms with Gasteiger partial charge in [0.1, 0.15) is 18.0 Å². The molecule has 2 atom stereocenters. The van der Waals surface area contributed by atoms with Crippen molar-refractivity contribution in [3.63, 3.8) is 0 Å². The monoisotopic (exact) mass is 253 g/mol. The summed E-state index contributed by atoms with van der Waals surface area (Å²) in [7, 11) is 1.57. The number of amides is 1. The number of hydrogen-bond acceptors (Lipinski definition) is 4. The van der Waals surface area contributed by atoms with Crippen molar-refractivity contribution in [2.75, 3.05) is 13.7 Å². The van der Waals surface area contributed by atoms with E-state index in [4.69, 9.17) is 4.74 Å². The maximum Gasteiger partial charge on any atom is 0.216 e. The number of carbonyl (C=O) groups is 1. The molecule has 0 heterocycles. The van der Waals surface area contributed by atoms with Gasteiger partial charge in [-0.25, -0.2) is 0 Å². The minimum absolute atomic E-state index is 0.0155. The standard InChI is InChI=1S/C13H19NO4/c1-8-6-10(4-5-12(8)18-3)13(17)11(16)7-14-9(2)15/h4-6,11,13,16-17H,7H2,1-3H3,(H,14,15). The van der Waals surface area contributed by atoms with E-state index in [9.17, 15) is 15.0 Å². The lowest BCUT2D eigenvalue weighted by molar-refractivity contribution is -0.119. The van der Waals surface area contributed by atoms with Gasteiger partial charge in [-0.15, -0.1) is 0 Å². The summed E-state index contributed by atoms with van der Waals surface area (Å²) in [6.45, 7) is 3.23. The Morgan fingerprint density at radius 2 is 2.11 bits per heavy atom. The van der Waals surface area contributed by atoms with Gasteiger partial charge in [-0.05, 0) is 30.2 Å². The molecule has 5 nitrogen and oxygen atoms in total. The fourth-order valence-corrected chi connectivity index (χ4v) is 1.67. The van der Waals surface area contributed by atoms with Gasteiger partial charge in [-0.1, -0.05) is 6.07 Å². The number of benzene rings is 1. The largest absolute Gasteiger partial charge is 0.496 e. The lowest BCUT2D eigenvalue weighted by Crippen LogP contribution is -2.34. The van der Waals surface area contributed by atoms with Crippen LogP contribution in [0.15, 0.2) is 18.2 Å². The number of methoxy groups -OCH3 is 1. The molecule has 0 fully saturated rings. The SMILES string of the molecule is COc1ccc(C(O)C(O)CNC(C)=O)cc1C. The first-order chi connectivity index (χ1) is 8.45. The number of aliphatic hydroxyl groups excluding tert-OH is 2. The van der Waals surface area contributed by atoms with E-state index in [0.29, 0.717) is 5.56 Å². The Balaban J connectivity index is 2.74. The zero-order valence-corrected chi connectivity index (χ0v) is 10.8. The third-order valence-corrected chi connectivity index (χ3v) is 2.69. The minimum atomic E-state index is -1.04. The van der Waals surface area contributed by atoms with Crippen LogP contribution in [0.2, 0.25) is 0 Å². The number of carbonyl (C=O) groups excluding carboxylic acids is 1. The second-order valence-electron chi connectivity index (χ2n) is 4.18. The normalized spacial score (nSPS) is 13.8. The van der Waals surface area contributed by atoms with Crippen LogP contribution in [0, 0.1) is 6.92 Å². The molecule has 2 unspecified atom stereocenters. The molecule has 0 aromatic heterocycles. The van der Waals surface area contributed by atoms with Crippen molar-refractivity contribution in [2.24, 2.45) is 0 Å². The second-order valence-corrected chi connectivity index (χ2v) is 4.18. The highest BCUT2D eigenvalue weighted by Crippen LogP contribution is 2.24. The van der Waals surface area contributed by atoms with Gasteiger partial charge < -0.3 is 20.3 Å². The third-order valence-electron chi connectivity index (χ3n) is 2.69. The summed E-state index contributed by atoms with van der Waals surface area (Å²) < 4.78 is 5.12. The lowest BCUT2D eigenvalue weighted by Gasteiger charge is -2.19. The van der Waals surface area contributed by atoms with Crippen LogP contribution in [-0.4, -0.2) is 35.9 Å². The van der Waals surface area contributed by atoms with Gasteiger partial charge in [0, 0.05) is 13.5 Å². The Bertz CT molecular complexity index is 419. The van der Waals surface area contributed by atoms with Crippen LogP contribution < -0.4 is 10.1 Å². The molecule has 3 N–H and O–H groups in total. The Labute approximate surface area is 106 Å². The summed E-state index contributed by atoms with van der Waals surface area (Å²) in [5, 5.41) is 22.1. The number of aryl methyl sites for hydroxylation is 1. The van der Waals surface area contributed by atoms with Crippen molar-refractivity contribution in [3.8, 4) is 5.75 Å². The molecule has 0 radical (unpaired) electrons. The molecule has 1 amide bonds. The molecule has 100 valence electrons. The summed E-state index contributed by atoms with van der Waals surface area (Å²) >= 11 is 0. The van der Waals surface area contributed by atoms with Crippen LogP contribution in [0.1, 0.15) is 24.2 Å². The number of rotatable bonds is 5. The number of ether oxygens (including phenoxy) is 1. The highest BCUT2D eigenvalue weighted by atomic mass is 16.5. The second kappa shape index (κ2) is 6.37. The van der Waals surface area contributed by atoms with E-state index in [1.54, 1.807) is 25.3 Å². The zero-order valence-electron chi connectivity index (χ0n) is 10.8. The van der Waals surface area contributed by atoms with Gasteiger partial charge in [-0.2, -0.15) is 0 Å². The third kappa shape index (κ3) is 3.72. The Hall–Kier alpha value is -1.59. The van der Waals surface area contributed by atoms with Crippen molar-refractivity contribution in [1.29, 1.82) is 0 Å². The van der Waals surface area contributed by atoms with E-state index >= 15 is 0 Å². The molecule has 0 aliphatic rings. The van der Waals surface area contributed by atoms with Crippen molar-refractivity contribution < 1.29 is 19.7 Å². The molecule has 18 heavy (non-hydrogen) atoms. The first kappa shape index (κ1) is 14.5. The van der Waals surface area contributed by atoms with Gasteiger partial charge in [0.25, 0.3) is 0 Å². The predicted octanol–water partition coefficient (Wildman–Crippen LogP) is 0.534. The molecule has 0 aliphatic carbocycles. The summed E-state index contributed by atoms with van der Waals surface area (Å²) in [4.78, 5) is 10.7. The van der Waals surface area contributed by atoms with Crippen molar-refractivity contribution in [1.82, 2.24) is 5.32 Å². The van der Waals surface area contributed by atoms with Crippen molar-refractivity contribution >= 4 is 5.91 Å². The van der Waals surface area contributed by atoms with Gasteiger partial charge >= 0.3 is 0 Å². The number of aliphatic hydroxyl groups is 2. The fourth-order valence-electron chi connectivity index (χ4n) is 1.67. The van der Waals surface area contributed by atoms with E-state index in [-0.39, 0.29) is 12.5 Å². The molecule has 1 rings (SSSR count). The first-order valence-corrected chi connectivity index (χ1v) is 5.70. The highest BCUT2D eigenvalue weighted by molar-refractivity contribution is 5.72. The zero-order chi connectivity index (χ0) is 13.7. The summed E-state index contributed by atoms with van der Waals surface area (Å²) in [5.74, 6) is 0.481. The summed E-state index contributed by atoms with van der Waals surface area (Å²) in [6, 6.07) is 5.17. The summed E-state index contributed by atoms with van der Waals surface area (Å²) in [6.07, 6.45) is -2.08. The van der Waals surface area contributed by atoms with Crippen LogP contribution >= 0.6 is 0 Å². The maximum absolute atomic E-state index is 10.7. The van der Waals surface area contributed by atoms with Gasteiger partial charge in [0.2, 0.25) is 5.91 Å². The van der Waals surface area contributed by atoms with Crippen LogP contribution in [0.25, 0.3) is 0 Å². The molecule has 0 spiro atoms. The van der Waals surface area contributed by atoms with Crippen LogP contribution in [-0.2, 0) is 4.79 Å². The van der Waals surface area contributed by atoms with E-state index < -0.39 is 12.2 Å². The Morgan fingerprint density at radius 1 is 1.44 bits per heavy atom. The van der Waals surface area contributed by atoms with Crippen molar-refractivity contribution in [3.05, 3.63) is 29.3 Å². The molecule has 1 aromatic rings. The van der Waals surface area contributed by atoms with E-state index in [1.165, 1.54) is 6.92 Å². The van der Waals surface area contributed by atoms with Crippen LogP contribution in [0.3, 0.4) is 0 Å². The molecule has 0 bridgehead atoms. The molecule has 0 saturated heterocycles. The molecular formula is C13H19NO4. The quantitative estimate of drug-likeness (QED) is 0.715. The van der Waals surface area contributed by atoms with E-state index in [1.807, 2.05) is 6.92 Å². The smallest absolute Gasteiger partial charge is 0.216 e. The highest BCUT2D eigenvalue weighted by Gasteiger charge is 2.19. The minimum Gasteiger partial charge on any atom is -0.496 e. The maximum atomic E-state index is 10.7. The average molecular weight is 253 g/mol. The first-order valence-electron chi connectivity index (χ1n) is 5.70. The molecule has 0 aliphatic heterocycles. The van der Waals surface area contributed by atoms with Crippen molar-refractivity contribution in [2.45, 2.75) is 26.1 Å². The number of nitrogens with one attached hydrogen (secondary N) is 1. The van der Waals surface area contributed by atoms with E-state index in [0.717, 1.165) is 11.3 Å². The lowest BCUT2D eigenvalue weighted by atomic mass is 10.0. The van der Waals surface area contributed by atoms with Gasteiger partial charge in [0.15, 0.2) is 0 Å². The van der Waals surface area contributed by atoms with Gasteiger partial charge in [0.05, 0.1) is 7.11 Å². The molecule has 5 heteroatoms. The van der Waals surface area contributed by atoms with Gasteiger partial charge in [-0.3, -0.25) is 4.79 Å². The number of hydrogen-bond donors (Lipinski definition) is 3. The predicted molar refractivity (Wildman–Crippen MR) is 67.4 cm³/mol. The molecule has 0 saturated carbocycles. The Morgan fingerprint density at radius 3 is 2.61 bits per heavy atom. The van der Waals surface area contributed by atoms with Crippen LogP contribution in [0.5, 0.6) is 5.75 Å². The molecule has 1 aromatic carbocycles. The fraction of sp³-hybridized carbons (Fsp3) is 0.462. The average Bonchev–Trinajstić information content (AvgIpc) is 2.34. The topological polar surface area (TPSA) is 78.8 Å². The Kier molecular flexibility index (Phi) is 5.12. The summed E-state index contributed by atoms with van der Waals surface area (Å²) in [5.41, 5.74) is 1.46. The van der Waals surface area contributed by atoms with E-state index in [2.05, 4.69) is 5.32 Å². The van der Waals surface area contributed by atoms with Crippen LogP contribution in [0.4, 0.5) is 0 Å².